The van der Waals surface area contributed by atoms with E-state index in [0.717, 1.165) is 19.6 Å². The molecule has 25 heavy (non-hydrogen) atoms. The van der Waals surface area contributed by atoms with Gasteiger partial charge >= 0.3 is 0 Å². The molecular weight excluding hydrogens is 323 g/mol. The van der Waals surface area contributed by atoms with Crippen molar-refractivity contribution in [3.05, 3.63) is 42.5 Å². The van der Waals surface area contributed by atoms with Crippen molar-refractivity contribution in [1.82, 2.24) is 15.2 Å². The van der Waals surface area contributed by atoms with Crippen LogP contribution in [0.2, 0.25) is 0 Å². The van der Waals surface area contributed by atoms with E-state index in [1.54, 1.807) is 30.3 Å². The number of halogens is 1. The molecule has 2 aliphatic rings. The molecule has 1 fully saturated rings. The normalized spacial score (nSPS) is 21.0. The molecule has 2 aromatic rings. The highest BCUT2D eigenvalue weighted by Gasteiger charge is 2.27. The molecule has 6 nitrogen and oxygen atoms in total. The Hall–Kier alpha value is -2.51. The van der Waals surface area contributed by atoms with Crippen LogP contribution >= 0.6 is 0 Å². The van der Waals surface area contributed by atoms with Crippen LogP contribution in [-0.2, 0) is 4.79 Å². The SMILES string of the molecule is O=C1CN2CCNC[C@@H]2COc2ccc(-c3cccnc3F)cc2N1. The number of nitrogens with one attached hydrogen (secondary N) is 2. The second kappa shape index (κ2) is 6.78. The first kappa shape index (κ1) is 16.0. The maximum absolute atomic E-state index is 14.0. The third kappa shape index (κ3) is 3.33. The van der Waals surface area contributed by atoms with Gasteiger partial charge in [0.1, 0.15) is 12.4 Å². The zero-order chi connectivity index (χ0) is 17.2. The number of ether oxygens (including phenoxy) is 1. The Bertz CT molecular complexity index is 798. The van der Waals surface area contributed by atoms with Gasteiger partial charge in [-0.1, -0.05) is 6.07 Å². The zero-order valence-corrected chi connectivity index (χ0v) is 13.7. The van der Waals surface area contributed by atoms with Crippen molar-refractivity contribution in [2.45, 2.75) is 6.04 Å². The maximum Gasteiger partial charge on any atom is 0.238 e. The number of anilines is 1. The van der Waals surface area contributed by atoms with Gasteiger partial charge in [-0.3, -0.25) is 9.69 Å². The molecule has 1 aromatic heterocycles. The summed E-state index contributed by atoms with van der Waals surface area (Å²) in [7, 11) is 0. The van der Waals surface area contributed by atoms with Crippen LogP contribution in [-0.4, -0.2) is 54.6 Å². The molecule has 0 bridgehead atoms. The van der Waals surface area contributed by atoms with Gasteiger partial charge in [0.2, 0.25) is 11.9 Å². The second-order valence-corrected chi connectivity index (χ2v) is 6.24. The molecule has 1 saturated heterocycles. The third-order valence-electron chi connectivity index (χ3n) is 4.57. The Labute approximate surface area is 145 Å². The quantitative estimate of drug-likeness (QED) is 0.769. The first-order chi connectivity index (χ1) is 12.2. The van der Waals surface area contributed by atoms with E-state index < -0.39 is 5.95 Å². The van der Waals surface area contributed by atoms with E-state index in [1.807, 2.05) is 0 Å². The minimum absolute atomic E-state index is 0.0949. The standard InChI is InChI=1S/C18H19FN4O2/c19-18-14(2-1-5-21-18)12-3-4-16-15(8-12)22-17(24)10-23-7-6-20-9-13(23)11-25-16/h1-5,8,13,20H,6-7,9-11H2,(H,22,24)/t13-/m1/s1. The first-order valence-electron chi connectivity index (χ1n) is 8.33. The predicted octanol–water partition coefficient (Wildman–Crippen LogP) is 1.49. The monoisotopic (exact) mass is 342 g/mol. The lowest BCUT2D eigenvalue weighted by atomic mass is 10.1. The summed E-state index contributed by atoms with van der Waals surface area (Å²) >= 11 is 0. The summed E-state index contributed by atoms with van der Waals surface area (Å²) in [6, 6.07) is 8.77. The van der Waals surface area contributed by atoms with Crippen LogP contribution < -0.4 is 15.4 Å². The molecular formula is C18H19FN4O2. The number of pyridine rings is 1. The highest BCUT2D eigenvalue weighted by atomic mass is 19.1. The summed E-state index contributed by atoms with van der Waals surface area (Å²) in [4.78, 5) is 18.2. The molecule has 4 rings (SSSR count). The van der Waals surface area contributed by atoms with Gasteiger partial charge in [0.25, 0.3) is 0 Å². The molecule has 1 atom stereocenters. The van der Waals surface area contributed by atoms with Crippen LogP contribution in [0.25, 0.3) is 11.1 Å². The number of carbonyl (C=O) groups excluding carboxylic acids is 1. The molecule has 1 aromatic carbocycles. The van der Waals surface area contributed by atoms with Crippen molar-refractivity contribution in [3.63, 3.8) is 0 Å². The number of amides is 1. The predicted molar refractivity (Wildman–Crippen MR) is 92.0 cm³/mol. The van der Waals surface area contributed by atoms with Crippen LogP contribution in [0.1, 0.15) is 0 Å². The van der Waals surface area contributed by atoms with Crippen molar-refractivity contribution >= 4 is 11.6 Å². The lowest BCUT2D eigenvalue weighted by Crippen LogP contribution is -2.55. The molecule has 0 spiro atoms. The Morgan fingerprint density at radius 2 is 2.24 bits per heavy atom. The van der Waals surface area contributed by atoms with E-state index in [-0.39, 0.29) is 11.9 Å². The van der Waals surface area contributed by atoms with E-state index in [0.29, 0.717) is 35.7 Å². The Balaban J connectivity index is 1.67. The van der Waals surface area contributed by atoms with Crippen LogP contribution in [0.4, 0.5) is 10.1 Å². The van der Waals surface area contributed by atoms with Crippen molar-refractivity contribution in [3.8, 4) is 16.9 Å². The fraction of sp³-hybridized carbons (Fsp3) is 0.333. The number of piperazine rings is 1. The summed E-state index contributed by atoms with van der Waals surface area (Å²) in [5.41, 5.74) is 1.59. The Kier molecular flexibility index (Phi) is 4.33. The molecule has 130 valence electrons. The highest BCUT2D eigenvalue weighted by molar-refractivity contribution is 5.94. The number of fused-ring (bicyclic) bond motifs is 2. The number of hydrogen-bond donors (Lipinski definition) is 2. The average Bonchev–Trinajstić information content (AvgIpc) is 2.68. The fourth-order valence-corrected chi connectivity index (χ4v) is 3.26. The molecule has 1 amide bonds. The molecule has 0 saturated carbocycles. The summed E-state index contributed by atoms with van der Waals surface area (Å²) in [6.45, 7) is 3.28. The first-order valence-corrected chi connectivity index (χ1v) is 8.33. The van der Waals surface area contributed by atoms with Gasteiger partial charge in [0.15, 0.2) is 0 Å². The highest BCUT2D eigenvalue weighted by Crippen LogP contribution is 2.32. The summed E-state index contributed by atoms with van der Waals surface area (Å²) < 4.78 is 19.9. The van der Waals surface area contributed by atoms with Gasteiger partial charge in [0.05, 0.1) is 18.3 Å². The number of hydrogen-bond acceptors (Lipinski definition) is 5. The molecule has 0 aliphatic carbocycles. The van der Waals surface area contributed by atoms with Gasteiger partial charge in [-0.25, -0.2) is 4.98 Å². The lowest BCUT2D eigenvalue weighted by molar-refractivity contribution is -0.118. The van der Waals surface area contributed by atoms with Gasteiger partial charge in [-0.15, -0.1) is 0 Å². The number of benzene rings is 1. The van der Waals surface area contributed by atoms with E-state index in [2.05, 4.69) is 20.5 Å². The van der Waals surface area contributed by atoms with Gasteiger partial charge in [-0.05, 0) is 29.8 Å². The van der Waals surface area contributed by atoms with E-state index in [4.69, 9.17) is 4.74 Å². The van der Waals surface area contributed by atoms with Gasteiger partial charge < -0.3 is 15.4 Å². The summed E-state index contributed by atoms with van der Waals surface area (Å²) in [5.74, 6) is -0.0442. The number of aromatic nitrogens is 1. The smallest absolute Gasteiger partial charge is 0.238 e. The summed E-state index contributed by atoms with van der Waals surface area (Å²) in [6.07, 6.45) is 1.41. The van der Waals surface area contributed by atoms with Crippen LogP contribution in [0, 0.1) is 5.95 Å². The van der Waals surface area contributed by atoms with Crippen molar-refractivity contribution < 1.29 is 13.9 Å². The second-order valence-electron chi connectivity index (χ2n) is 6.24. The van der Waals surface area contributed by atoms with Crippen molar-refractivity contribution in [2.75, 3.05) is 38.1 Å². The van der Waals surface area contributed by atoms with Gasteiger partial charge in [-0.2, -0.15) is 4.39 Å². The number of rotatable bonds is 1. The van der Waals surface area contributed by atoms with Crippen LogP contribution in [0.15, 0.2) is 36.5 Å². The van der Waals surface area contributed by atoms with E-state index in [1.165, 1.54) is 6.20 Å². The van der Waals surface area contributed by atoms with E-state index in [9.17, 15) is 9.18 Å². The van der Waals surface area contributed by atoms with Crippen LogP contribution in [0.3, 0.4) is 0 Å². The van der Waals surface area contributed by atoms with Crippen molar-refractivity contribution in [2.24, 2.45) is 0 Å². The Morgan fingerprint density at radius 1 is 1.32 bits per heavy atom. The zero-order valence-electron chi connectivity index (χ0n) is 13.7. The molecule has 7 heteroatoms. The topological polar surface area (TPSA) is 66.5 Å². The van der Waals surface area contributed by atoms with Crippen LogP contribution in [0.5, 0.6) is 5.75 Å². The summed E-state index contributed by atoms with van der Waals surface area (Å²) in [5, 5.41) is 6.22. The fourth-order valence-electron chi connectivity index (χ4n) is 3.26. The van der Waals surface area contributed by atoms with Crippen molar-refractivity contribution in [1.29, 1.82) is 0 Å². The Morgan fingerprint density at radius 3 is 3.12 bits per heavy atom. The van der Waals surface area contributed by atoms with Gasteiger partial charge in [0, 0.05) is 31.4 Å². The third-order valence-corrected chi connectivity index (χ3v) is 4.57. The average molecular weight is 342 g/mol. The maximum atomic E-state index is 14.0. The largest absolute Gasteiger partial charge is 0.490 e. The molecule has 2 aliphatic heterocycles. The minimum atomic E-state index is -0.541. The number of nitrogens with zero attached hydrogens (tertiary/aromatic N) is 2. The molecule has 0 radical (unpaired) electrons. The molecule has 2 N–H and O–H groups in total. The molecule has 0 unspecified atom stereocenters. The lowest BCUT2D eigenvalue weighted by Gasteiger charge is -2.34. The minimum Gasteiger partial charge on any atom is -0.490 e. The number of carbonyl (C=O) groups is 1. The molecule has 3 heterocycles. The van der Waals surface area contributed by atoms with E-state index >= 15 is 0 Å².